The number of nitrogens with one attached hydrogen (secondary N) is 1. The Balaban J connectivity index is 2.78. The molecule has 0 aromatic heterocycles. The minimum atomic E-state index is 0.120. The third-order valence-electron chi connectivity index (χ3n) is 1.86. The average molecular weight is 221 g/mol. The summed E-state index contributed by atoms with van der Waals surface area (Å²) >= 11 is 1.91. The molecule has 0 radical (unpaired) electrons. The number of hydrogen-bond donors (Lipinski definition) is 2. The van der Waals surface area contributed by atoms with Crippen LogP contribution < -0.4 is 5.32 Å². The lowest BCUT2D eigenvalue weighted by molar-refractivity contribution is 0.0939. The summed E-state index contributed by atoms with van der Waals surface area (Å²) < 4.78 is 5.11. The summed E-state index contributed by atoms with van der Waals surface area (Å²) in [6.07, 6.45) is 6.03. The zero-order chi connectivity index (χ0) is 10.5. The minimum absolute atomic E-state index is 0.120. The van der Waals surface area contributed by atoms with Gasteiger partial charge < -0.3 is 15.2 Å². The van der Waals surface area contributed by atoms with Crippen LogP contribution in [0.4, 0.5) is 0 Å². The Bertz CT molecular complexity index is 92.1. The maximum Gasteiger partial charge on any atom is 0.0698 e. The summed E-state index contributed by atoms with van der Waals surface area (Å²) in [6, 6.07) is 0. The van der Waals surface area contributed by atoms with Crippen LogP contribution in [0.15, 0.2) is 0 Å². The molecule has 2 N–H and O–H groups in total. The van der Waals surface area contributed by atoms with Gasteiger partial charge in [0.2, 0.25) is 0 Å². The summed E-state index contributed by atoms with van der Waals surface area (Å²) in [6.45, 7) is 3.24. The SMILES string of the molecule is CSCCCCCNCCOCCO. The predicted octanol–water partition coefficient (Wildman–Crippen LogP) is 1.12. The van der Waals surface area contributed by atoms with Gasteiger partial charge in [0.1, 0.15) is 0 Å². The smallest absolute Gasteiger partial charge is 0.0698 e. The van der Waals surface area contributed by atoms with Gasteiger partial charge in [-0.3, -0.25) is 0 Å². The van der Waals surface area contributed by atoms with Crippen molar-refractivity contribution >= 4 is 11.8 Å². The molecule has 0 amide bonds. The van der Waals surface area contributed by atoms with Crippen LogP contribution in [0.25, 0.3) is 0 Å². The van der Waals surface area contributed by atoms with Gasteiger partial charge in [0.05, 0.1) is 19.8 Å². The first-order valence-electron chi connectivity index (χ1n) is 5.30. The summed E-state index contributed by atoms with van der Waals surface area (Å²) in [7, 11) is 0. The fraction of sp³-hybridized carbons (Fsp3) is 1.00. The molecule has 0 heterocycles. The van der Waals surface area contributed by atoms with Gasteiger partial charge in [0.25, 0.3) is 0 Å². The van der Waals surface area contributed by atoms with E-state index < -0.39 is 0 Å². The van der Waals surface area contributed by atoms with E-state index >= 15 is 0 Å². The Hall–Kier alpha value is 0.230. The molecule has 0 bridgehead atoms. The molecule has 0 atom stereocenters. The number of thioether (sulfide) groups is 1. The second kappa shape index (κ2) is 13.2. The van der Waals surface area contributed by atoms with Gasteiger partial charge in [-0.05, 0) is 31.4 Å². The van der Waals surface area contributed by atoms with Crippen LogP contribution >= 0.6 is 11.8 Å². The first-order valence-corrected chi connectivity index (χ1v) is 6.69. The lowest BCUT2D eigenvalue weighted by atomic mass is 10.2. The molecular weight excluding hydrogens is 198 g/mol. The number of ether oxygens (including phenoxy) is 1. The number of hydrogen-bond acceptors (Lipinski definition) is 4. The van der Waals surface area contributed by atoms with E-state index in [4.69, 9.17) is 9.84 Å². The largest absolute Gasteiger partial charge is 0.394 e. The van der Waals surface area contributed by atoms with Gasteiger partial charge in [-0.15, -0.1) is 0 Å². The average Bonchev–Trinajstić information content (AvgIpc) is 2.21. The van der Waals surface area contributed by atoms with Gasteiger partial charge in [0, 0.05) is 6.54 Å². The summed E-state index contributed by atoms with van der Waals surface area (Å²) in [5.41, 5.74) is 0. The van der Waals surface area contributed by atoms with Crippen LogP contribution in [0.3, 0.4) is 0 Å². The highest BCUT2D eigenvalue weighted by Crippen LogP contribution is 2.00. The maximum absolute atomic E-state index is 8.44. The fourth-order valence-corrected chi connectivity index (χ4v) is 1.60. The Morgan fingerprint density at radius 2 is 2.00 bits per heavy atom. The lowest BCUT2D eigenvalue weighted by Gasteiger charge is -2.04. The Kier molecular flexibility index (Phi) is 13.4. The molecule has 86 valence electrons. The van der Waals surface area contributed by atoms with Crippen LogP contribution in [0.2, 0.25) is 0 Å². The molecular formula is C10H23NO2S. The van der Waals surface area contributed by atoms with Crippen molar-refractivity contribution in [3.05, 3.63) is 0 Å². The molecule has 0 aromatic rings. The Morgan fingerprint density at radius 3 is 2.71 bits per heavy atom. The molecule has 0 rings (SSSR count). The zero-order valence-corrected chi connectivity index (χ0v) is 9.94. The normalized spacial score (nSPS) is 10.7. The van der Waals surface area contributed by atoms with Gasteiger partial charge >= 0.3 is 0 Å². The van der Waals surface area contributed by atoms with E-state index in [1.54, 1.807) is 0 Å². The standard InChI is InChI=1S/C10H23NO2S/c1-14-10-4-2-3-5-11-6-8-13-9-7-12/h11-12H,2-10H2,1H3. The molecule has 0 saturated heterocycles. The first kappa shape index (κ1) is 14.2. The van der Waals surface area contributed by atoms with E-state index in [9.17, 15) is 0 Å². The summed E-state index contributed by atoms with van der Waals surface area (Å²) in [5.74, 6) is 1.28. The maximum atomic E-state index is 8.44. The molecule has 0 unspecified atom stereocenters. The molecule has 0 aliphatic heterocycles. The molecule has 14 heavy (non-hydrogen) atoms. The zero-order valence-electron chi connectivity index (χ0n) is 9.13. The van der Waals surface area contributed by atoms with Crippen molar-refractivity contribution in [1.82, 2.24) is 5.32 Å². The molecule has 0 aromatic carbocycles. The van der Waals surface area contributed by atoms with Crippen molar-refractivity contribution in [3.63, 3.8) is 0 Å². The van der Waals surface area contributed by atoms with Crippen LogP contribution in [0.1, 0.15) is 19.3 Å². The van der Waals surface area contributed by atoms with Gasteiger partial charge in [0.15, 0.2) is 0 Å². The molecule has 3 nitrogen and oxygen atoms in total. The molecule has 0 saturated carbocycles. The number of rotatable bonds is 11. The predicted molar refractivity (Wildman–Crippen MR) is 63.0 cm³/mol. The van der Waals surface area contributed by atoms with Crippen LogP contribution in [0, 0.1) is 0 Å². The van der Waals surface area contributed by atoms with E-state index in [1.165, 1.54) is 25.0 Å². The van der Waals surface area contributed by atoms with Crippen molar-refractivity contribution in [3.8, 4) is 0 Å². The van der Waals surface area contributed by atoms with E-state index in [2.05, 4.69) is 11.6 Å². The molecule has 0 aliphatic carbocycles. The quantitative estimate of drug-likeness (QED) is 0.513. The number of aliphatic hydroxyl groups is 1. The van der Waals surface area contributed by atoms with Gasteiger partial charge in [-0.25, -0.2) is 0 Å². The van der Waals surface area contributed by atoms with E-state index in [0.29, 0.717) is 13.2 Å². The third-order valence-corrected chi connectivity index (χ3v) is 2.56. The third kappa shape index (κ3) is 12.2. The number of unbranched alkanes of at least 4 members (excludes halogenated alkanes) is 2. The van der Waals surface area contributed by atoms with Crippen molar-refractivity contribution in [2.75, 3.05) is 44.9 Å². The highest BCUT2D eigenvalue weighted by molar-refractivity contribution is 7.98. The molecule has 0 spiro atoms. The van der Waals surface area contributed by atoms with E-state index in [-0.39, 0.29) is 6.61 Å². The van der Waals surface area contributed by atoms with E-state index in [1.807, 2.05) is 11.8 Å². The topological polar surface area (TPSA) is 41.5 Å². The van der Waals surface area contributed by atoms with Crippen molar-refractivity contribution in [1.29, 1.82) is 0 Å². The van der Waals surface area contributed by atoms with Crippen LogP contribution in [-0.4, -0.2) is 50.0 Å². The van der Waals surface area contributed by atoms with Crippen LogP contribution in [-0.2, 0) is 4.74 Å². The second-order valence-corrected chi connectivity index (χ2v) is 4.13. The summed E-state index contributed by atoms with van der Waals surface area (Å²) in [5, 5.41) is 11.7. The Morgan fingerprint density at radius 1 is 1.14 bits per heavy atom. The van der Waals surface area contributed by atoms with E-state index in [0.717, 1.165) is 13.1 Å². The first-order chi connectivity index (χ1) is 6.91. The van der Waals surface area contributed by atoms with Crippen molar-refractivity contribution in [2.45, 2.75) is 19.3 Å². The highest BCUT2D eigenvalue weighted by atomic mass is 32.2. The van der Waals surface area contributed by atoms with Crippen molar-refractivity contribution in [2.24, 2.45) is 0 Å². The number of aliphatic hydroxyl groups excluding tert-OH is 1. The van der Waals surface area contributed by atoms with Gasteiger partial charge in [-0.1, -0.05) is 6.42 Å². The fourth-order valence-electron chi connectivity index (χ4n) is 1.11. The molecule has 4 heteroatoms. The summed E-state index contributed by atoms with van der Waals surface area (Å²) in [4.78, 5) is 0. The van der Waals surface area contributed by atoms with Crippen molar-refractivity contribution < 1.29 is 9.84 Å². The molecule has 0 aliphatic rings. The minimum Gasteiger partial charge on any atom is -0.394 e. The Labute approximate surface area is 91.6 Å². The second-order valence-electron chi connectivity index (χ2n) is 3.14. The molecule has 0 fully saturated rings. The van der Waals surface area contributed by atoms with Gasteiger partial charge in [-0.2, -0.15) is 11.8 Å². The van der Waals surface area contributed by atoms with Crippen LogP contribution in [0.5, 0.6) is 0 Å². The monoisotopic (exact) mass is 221 g/mol. The lowest BCUT2D eigenvalue weighted by Crippen LogP contribution is -2.21. The highest BCUT2D eigenvalue weighted by Gasteiger charge is 1.90.